The van der Waals surface area contributed by atoms with Gasteiger partial charge in [-0.05, 0) is 43.9 Å². The second kappa shape index (κ2) is 5.67. The van der Waals surface area contributed by atoms with Crippen molar-refractivity contribution < 1.29 is 9.53 Å². The third-order valence-corrected chi connectivity index (χ3v) is 2.47. The quantitative estimate of drug-likeness (QED) is 0.581. The third-order valence-electron chi connectivity index (χ3n) is 2.47. The smallest absolute Gasteiger partial charge is 0.185 e. The lowest BCUT2D eigenvalue weighted by Crippen LogP contribution is -1.96. The molecule has 1 aromatic rings. The molecule has 5 radical (unpaired) electrons. The fourth-order valence-electron chi connectivity index (χ4n) is 1.54. The number of carbonyl (C=O) groups excluding carboxylic acids is 1. The minimum atomic E-state index is -0.0231. The standard InChI is InChI=1S/C15H13O2/c1-17-14-8-4-7-13(11-14)15(16)10-9-12-5-2-3-6-12/h2-11H,1H3/b10-9+. The highest BCUT2D eigenvalue weighted by molar-refractivity contribution is 6.05. The zero-order chi connectivity index (χ0) is 12.1. The molecule has 1 saturated carbocycles. The zero-order valence-electron chi connectivity index (χ0n) is 9.59. The molecule has 0 bridgehead atoms. The molecule has 1 aliphatic rings. The average Bonchev–Trinajstić information content (AvgIpc) is 2.89. The van der Waals surface area contributed by atoms with Crippen molar-refractivity contribution in [1.82, 2.24) is 0 Å². The normalized spacial score (nSPS) is 16.5. The molecule has 2 nitrogen and oxygen atoms in total. The van der Waals surface area contributed by atoms with Crippen LogP contribution in [0.25, 0.3) is 0 Å². The van der Waals surface area contributed by atoms with Crippen LogP contribution in [0.5, 0.6) is 5.75 Å². The molecule has 0 aliphatic heterocycles. The van der Waals surface area contributed by atoms with Gasteiger partial charge in [0.15, 0.2) is 5.78 Å². The molecular formula is C15H13O2. The van der Waals surface area contributed by atoms with Crippen LogP contribution in [0.15, 0.2) is 36.4 Å². The van der Waals surface area contributed by atoms with Crippen molar-refractivity contribution in [3.8, 4) is 5.75 Å². The lowest BCUT2D eigenvalue weighted by atomic mass is 10.0. The summed E-state index contributed by atoms with van der Waals surface area (Å²) in [6, 6.07) is 7.14. The first-order chi connectivity index (χ1) is 8.29. The summed E-state index contributed by atoms with van der Waals surface area (Å²) < 4.78 is 5.08. The number of benzene rings is 1. The van der Waals surface area contributed by atoms with Crippen molar-refractivity contribution in [2.75, 3.05) is 7.11 Å². The molecule has 2 heteroatoms. The Balaban J connectivity index is 2.03. The van der Waals surface area contributed by atoms with E-state index in [1.807, 2.05) is 43.9 Å². The van der Waals surface area contributed by atoms with Gasteiger partial charge in [0.1, 0.15) is 5.75 Å². The number of rotatable bonds is 4. The Kier molecular flexibility index (Phi) is 3.97. The lowest BCUT2D eigenvalue weighted by Gasteiger charge is -2.02. The van der Waals surface area contributed by atoms with E-state index in [0.29, 0.717) is 11.3 Å². The van der Waals surface area contributed by atoms with Gasteiger partial charge in [0.25, 0.3) is 0 Å². The number of hydrogen-bond donors (Lipinski definition) is 0. The molecule has 85 valence electrons. The van der Waals surface area contributed by atoms with Crippen LogP contribution in [0.1, 0.15) is 10.4 Å². The van der Waals surface area contributed by atoms with Gasteiger partial charge in [-0.1, -0.05) is 18.2 Å². The molecule has 0 unspecified atom stereocenters. The first kappa shape index (κ1) is 11.9. The van der Waals surface area contributed by atoms with E-state index in [4.69, 9.17) is 4.74 Å². The minimum absolute atomic E-state index is 0.0231. The SMILES string of the molecule is COc1cccc(C(=O)/C=C/[C]2[CH][CH][CH][CH]2)c1. The molecule has 0 amide bonds. The number of allylic oxidation sites excluding steroid dienone is 2. The van der Waals surface area contributed by atoms with Crippen molar-refractivity contribution in [2.45, 2.75) is 0 Å². The predicted octanol–water partition coefficient (Wildman–Crippen LogP) is 2.84. The molecule has 2 rings (SSSR count). The van der Waals surface area contributed by atoms with Crippen LogP contribution >= 0.6 is 0 Å². The Hall–Kier alpha value is -1.57. The molecule has 0 saturated heterocycles. The van der Waals surface area contributed by atoms with Gasteiger partial charge >= 0.3 is 0 Å². The summed E-state index contributed by atoms with van der Waals surface area (Å²) in [7, 11) is 1.59. The van der Waals surface area contributed by atoms with Gasteiger partial charge in [-0.2, -0.15) is 0 Å². The van der Waals surface area contributed by atoms with Crippen LogP contribution in [0.4, 0.5) is 0 Å². The summed E-state index contributed by atoms with van der Waals surface area (Å²) in [5.74, 6) is 1.70. The molecule has 17 heavy (non-hydrogen) atoms. The van der Waals surface area contributed by atoms with E-state index in [1.165, 1.54) is 0 Å². The van der Waals surface area contributed by atoms with Gasteiger partial charge in [-0.3, -0.25) is 4.79 Å². The second-order valence-electron chi connectivity index (χ2n) is 3.65. The number of carbonyl (C=O) groups is 1. The highest BCUT2D eigenvalue weighted by atomic mass is 16.5. The molecule has 1 aliphatic carbocycles. The maximum absolute atomic E-state index is 11.9. The van der Waals surface area contributed by atoms with Gasteiger partial charge in [0, 0.05) is 11.5 Å². The van der Waals surface area contributed by atoms with E-state index in [0.717, 1.165) is 5.92 Å². The molecule has 1 fully saturated rings. The van der Waals surface area contributed by atoms with Crippen molar-refractivity contribution in [3.05, 3.63) is 73.6 Å². The Bertz CT molecular complexity index is 415. The van der Waals surface area contributed by atoms with Crippen molar-refractivity contribution in [3.63, 3.8) is 0 Å². The number of methoxy groups -OCH3 is 1. The summed E-state index contributed by atoms with van der Waals surface area (Å²) in [5.41, 5.74) is 0.632. The first-order valence-electron chi connectivity index (χ1n) is 5.38. The summed E-state index contributed by atoms with van der Waals surface area (Å²) in [6.07, 6.45) is 11.2. The van der Waals surface area contributed by atoms with E-state index in [-0.39, 0.29) is 5.78 Å². The highest BCUT2D eigenvalue weighted by Crippen LogP contribution is 2.24. The summed E-state index contributed by atoms with van der Waals surface area (Å²) in [6.45, 7) is 0. The van der Waals surface area contributed by atoms with Gasteiger partial charge in [-0.25, -0.2) is 0 Å². The molecular weight excluding hydrogens is 212 g/mol. The Labute approximate surface area is 102 Å². The van der Waals surface area contributed by atoms with E-state index >= 15 is 0 Å². The Morgan fingerprint density at radius 2 is 2.00 bits per heavy atom. The van der Waals surface area contributed by atoms with Crippen LogP contribution in [0, 0.1) is 31.6 Å². The van der Waals surface area contributed by atoms with E-state index in [2.05, 4.69) is 0 Å². The average molecular weight is 225 g/mol. The number of ether oxygens (including phenoxy) is 1. The van der Waals surface area contributed by atoms with E-state index < -0.39 is 0 Å². The number of hydrogen-bond acceptors (Lipinski definition) is 2. The first-order valence-corrected chi connectivity index (χ1v) is 5.38. The minimum Gasteiger partial charge on any atom is -0.497 e. The summed E-state index contributed by atoms with van der Waals surface area (Å²) >= 11 is 0. The molecule has 0 N–H and O–H groups in total. The van der Waals surface area contributed by atoms with Gasteiger partial charge in [0.05, 0.1) is 7.11 Å². The lowest BCUT2D eigenvalue weighted by molar-refractivity contribution is 0.104. The summed E-state index contributed by atoms with van der Waals surface area (Å²) in [4.78, 5) is 11.9. The molecule has 1 aromatic carbocycles. The number of ketones is 1. The maximum atomic E-state index is 11.9. The maximum Gasteiger partial charge on any atom is 0.185 e. The van der Waals surface area contributed by atoms with Gasteiger partial charge < -0.3 is 4.74 Å². The van der Waals surface area contributed by atoms with Crippen LogP contribution in [-0.4, -0.2) is 12.9 Å². The van der Waals surface area contributed by atoms with Gasteiger partial charge in [0.2, 0.25) is 0 Å². The van der Waals surface area contributed by atoms with Gasteiger partial charge in [-0.15, -0.1) is 0 Å². The Morgan fingerprint density at radius 1 is 1.24 bits per heavy atom. The topological polar surface area (TPSA) is 26.3 Å². The van der Waals surface area contributed by atoms with Crippen LogP contribution in [0.2, 0.25) is 0 Å². The fraction of sp³-hybridized carbons (Fsp3) is 0.0667. The second-order valence-corrected chi connectivity index (χ2v) is 3.65. The molecule has 0 atom stereocenters. The predicted molar refractivity (Wildman–Crippen MR) is 66.9 cm³/mol. The third kappa shape index (κ3) is 3.19. The molecule has 0 aromatic heterocycles. The largest absolute Gasteiger partial charge is 0.497 e. The highest BCUT2D eigenvalue weighted by Gasteiger charge is 2.14. The molecule has 0 spiro atoms. The van der Waals surface area contributed by atoms with E-state index in [1.54, 1.807) is 25.3 Å². The zero-order valence-corrected chi connectivity index (χ0v) is 9.59. The molecule has 0 heterocycles. The monoisotopic (exact) mass is 225 g/mol. The van der Waals surface area contributed by atoms with Crippen LogP contribution in [0.3, 0.4) is 0 Å². The van der Waals surface area contributed by atoms with Crippen LogP contribution < -0.4 is 4.74 Å². The Morgan fingerprint density at radius 3 is 2.71 bits per heavy atom. The van der Waals surface area contributed by atoms with E-state index in [9.17, 15) is 4.79 Å². The van der Waals surface area contributed by atoms with Crippen LogP contribution in [-0.2, 0) is 0 Å². The summed E-state index contributed by atoms with van der Waals surface area (Å²) in [5, 5.41) is 0. The van der Waals surface area contributed by atoms with Crippen molar-refractivity contribution >= 4 is 5.78 Å². The van der Waals surface area contributed by atoms with Crippen molar-refractivity contribution in [1.29, 1.82) is 0 Å². The fourth-order valence-corrected chi connectivity index (χ4v) is 1.54. The van der Waals surface area contributed by atoms with Crippen molar-refractivity contribution in [2.24, 2.45) is 0 Å².